The Morgan fingerprint density at radius 1 is 0.818 bits per heavy atom. The van der Waals surface area contributed by atoms with Crippen molar-refractivity contribution in [3.05, 3.63) is 49.1 Å². The number of rotatable bonds is 8. The van der Waals surface area contributed by atoms with Crippen LogP contribution in [-0.4, -0.2) is 62.5 Å². The van der Waals surface area contributed by atoms with E-state index >= 15 is 0 Å². The van der Waals surface area contributed by atoms with Crippen molar-refractivity contribution in [2.24, 2.45) is 5.41 Å². The van der Waals surface area contributed by atoms with Gasteiger partial charge in [-0.1, -0.05) is 13.8 Å². The third-order valence-electron chi connectivity index (χ3n) is 5.47. The molecule has 0 bridgehead atoms. The second kappa shape index (κ2) is 9.98. The van der Waals surface area contributed by atoms with Gasteiger partial charge >= 0.3 is 6.03 Å². The molecule has 172 valence electrons. The van der Waals surface area contributed by atoms with Gasteiger partial charge in [0.05, 0.1) is 23.8 Å². The van der Waals surface area contributed by atoms with E-state index in [1.54, 1.807) is 38.1 Å². The van der Waals surface area contributed by atoms with E-state index in [2.05, 4.69) is 20.6 Å². The molecule has 2 aromatic heterocycles. The Bertz CT molecular complexity index is 976. The molecule has 1 aliphatic rings. The lowest BCUT2D eigenvalue weighted by Gasteiger charge is -2.42. The number of anilines is 2. The van der Waals surface area contributed by atoms with Crippen molar-refractivity contribution in [2.75, 3.05) is 23.7 Å². The van der Waals surface area contributed by atoms with Gasteiger partial charge in [-0.05, 0) is 37.1 Å². The Morgan fingerprint density at radius 2 is 1.24 bits per heavy atom. The van der Waals surface area contributed by atoms with Crippen LogP contribution < -0.4 is 10.6 Å². The maximum absolute atomic E-state index is 13.2. The number of nitrogens with zero attached hydrogens (tertiary/aromatic N) is 4. The molecule has 0 unspecified atom stereocenters. The van der Waals surface area contributed by atoms with Gasteiger partial charge in [0, 0.05) is 12.4 Å². The second-order valence-electron chi connectivity index (χ2n) is 7.43. The summed E-state index contributed by atoms with van der Waals surface area (Å²) in [6.45, 7) is 2.08. The summed E-state index contributed by atoms with van der Waals surface area (Å²) in [6, 6.07) is 5.42. The number of hydrogen-bond donors (Lipinski definition) is 2. The average molecular weight is 452 g/mol. The molecule has 11 heteroatoms. The first-order chi connectivity index (χ1) is 15.8. The van der Waals surface area contributed by atoms with Crippen molar-refractivity contribution < 1.29 is 24.0 Å². The highest BCUT2D eigenvalue weighted by Crippen LogP contribution is 2.36. The zero-order valence-electron chi connectivity index (χ0n) is 18.3. The molecule has 0 aromatic carbocycles. The van der Waals surface area contributed by atoms with Crippen LogP contribution >= 0.6 is 0 Å². The summed E-state index contributed by atoms with van der Waals surface area (Å²) < 4.78 is 0. The minimum Gasteiger partial charge on any atom is -0.323 e. The summed E-state index contributed by atoms with van der Waals surface area (Å²) in [7, 11) is 0. The molecule has 33 heavy (non-hydrogen) atoms. The third kappa shape index (κ3) is 4.86. The lowest BCUT2D eigenvalue weighted by Crippen LogP contribution is -2.66. The zero-order valence-corrected chi connectivity index (χ0v) is 18.3. The average Bonchev–Trinajstić information content (AvgIpc) is 2.82. The SMILES string of the molecule is CCC1(CC)C(=O)N(CC(=O)Nc2cccnc2)C(=O)N(CC(=O)Nc2cccnc2)C1=O. The molecule has 0 spiro atoms. The van der Waals surface area contributed by atoms with Crippen LogP contribution in [0.1, 0.15) is 26.7 Å². The van der Waals surface area contributed by atoms with Crippen LogP contribution in [0.4, 0.5) is 16.2 Å². The Kier molecular flexibility index (Phi) is 7.11. The minimum atomic E-state index is -1.54. The molecule has 2 N–H and O–H groups in total. The summed E-state index contributed by atoms with van der Waals surface area (Å²) in [5.74, 6) is -2.79. The maximum Gasteiger partial charge on any atom is 0.334 e. The number of nitrogens with one attached hydrogen (secondary N) is 2. The molecule has 0 atom stereocenters. The number of carbonyl (C=O) groups excluding carboxylic acids is 5. The van der Waals surface area contributed by atoms with E-state index in [-0.39, 0.29) is 12.8 Å². The summed E-state index contributed by atoms with van der Waals surface area (Å²) in [5.41, 5.74) is -0.766. The van der Waals surface area contributed by atoms with Gasteiger partial charge in [0.1, 0.15) is 18.5 Å². The Morgan fingerprint density at radius 3 is 1.58 bits per heavy atom. The maximum atomic E-state index is 13.2. The van der Waals surface area contributed by atoms with Gasteiger partial charge in [-0.2, -0.15) is 0 Å². The summed E-state index contributed by atoms with van der Waals surface area (Å²) in [4.78, 5) is 73.8. The zero-order chi connectivity index (χ0) is 24.0. The van der Waals surface area contributed by atoms with Crippen molar-refractivity contribution in [1.29, 1.82) is 0 Å². The van der Waals surface area contributed by atoms with Crippen molar-refractivity contribution in [1.82, 2.24) is 19.8 Å². The highest BCUT2D eigenvalue weighted by molar-refractivity contribution is 6.21. The van der Waals surface area contributed by atoms with Crippen molar-refractivity contribution in [3.63, 3.8) is 0 Å². The van der Waals surface area contributed by atoms with Crippen LogP contribution in [0.25, 0.3) is 0 Å². The fourth-order valence-electron chi connectivity index (χ4n) is 3.62. The molecule has 0 radical (unpaired) electrons. The van der Waals surface area contributed by atoms with Crippen LogP contribution in [-0.2, 0) is 19.2 Å². The number of barbiturate groups is 1. The molecule has 3 rings (SSSR count). The van der Waals surface area contributed by atoms with Gasteiger partial charge < -0.3 is 10.6 Å². The van der Waals surface area contributed by atoms with E-state index in [1.165, 1.54) is 24.8 Å². The van der Waals surface area contributed by atoms with Crippen molar-refractivity contribution in [2.45, 2.75) is 26.7 Å². The quantitative estimate of drug-likeness (QED) is 0.580. The first kappa shape index (κ1) is 23.5. The van der Waals surface area contributed by atoms with E-state index in [0.717, 1.165) is 9.80 Å². The van der Waals surface area contributed by atoms with Gasteiger partial charge in [-0.3, -0.25) is 38.9 Å². The van der Waals surface area contributed by atoms with Gasteiger partial charge in [-0.15, -0.1) is 0 Å². The highest BCUT2D eigenvalue weighted by Gasteiger charge is 2.55. The topological polar surface area (TPSA) is 142 Å². The Hall–Kier alpha value is -4.15. The van der Waals surface area contributed by atoms with Gasteiger partial charge in [-0.25, -0.2) is 4.79 Å². The number of hydrogen-bond acceptors (Lipinski definition) is 7. The smallest absolute Gasteiger partial charge is 0.323 e. The summed E-state index contributed by atoms with van der Waals surface area (Å²) in [5, 5.41) is 5.11. The summed E-state index contributed by atoms with van der Waals surface area (Å²) in [6.07, 6.45) is 6.11. The van der Waals surface area contributed by atoms with Crippen molar-refractivity contribution in [3.8, 4) is 0 Å². The van der Waals surface area contributed by atoms with E-state index in [0.29, 0.717) is 11.4 Å². The summed E-state index contributed by atoms with van der Waals surface area (Å²) >= 11 is 0. The van der Waals surface area contributed by atoms with Crippen molar-refractivity contribution >= 4 is 41.0 Å². The van der Waals surface area contributed by atoms with Crippen LogP contribution in [0.3, 0.4) is 0 Å². The molecule has 11 nitrogen and oxygen atoms in total. The number of amides is 6. The lowest BCUT2D eigenvalue weighted by molar-refractivity contribution is -0.161. The number of pyridine rings is 2. The first-order valence-corrected chi connectivity index (χ1v) is 10.4. The second-order valence-corrected chi connectivity index (χ2v) is 7.43. The minimum absolute atomic E-state index is 0.107. The molecule has 3 heterocycles. The van der Waals surface area contributed by atoms with E-state index in [9.17, 15) is 24.0 Å². The molecule has 1 aliphatic heterocycles. The number of carbonyl (C=O) groups is 5. The number of urea groups is 1. The molecule has 1 fully saturated rings. The fraction of sp³-hybridized carbons (Fsp3) is 0.318. The molecule has 0 saturated carbocycles. The van der Waals surface area contributed by atoms with E-state index in [4.69, 9.17) is 0 Å². The van der Waals surface area contributed by atoms with Crippen LogP contribution in [0.5, 0.6) is 0 Å². The molecule has 6 amide bonds. The van der Waals surface area contributed by atoms with E-state index in [1.807, 2.05) is 0 Å². The van der Waals surface area contributed by atoms with Crippen LogP contribution in [0.15, 0.2) is 49.1 Å². The standard InChI is InChI=1S/C22H24N6O5/c1-3-22(4-2)19(31)27(13-17(29)25-15-7-5-9-23-11-15)21(33)28(20(22)32)14-18(30)26-16-8-6-10-24-12-16/h5-12H,3-4,13-14H2,1-2H3,(H,25,29)(H,26,30). The molecule has 0 aliphatic carbocycles. The highest BCUT2D eigenvalue weighted by atomic mass is 16.2. The molecule has 1 saturated heterocycles. The monoisotopic (exact) mass is 452 g/mol. The van der Waals surface area contributed by atoms with Crippen LogP contribution in [0.2, 0.25) is 0 Å². The molecular formula is C22H24N6O5. The number of aromatic nitrogens is 2. The van der Waals surface area contributed by atoms with Gasteiger partial charge in [0.2, 0.25) is 23.6 Å². The lowest BCUT2D eigenvalue weighted by atomic mass is 9.78. The Labute approximate surface area is 190 Å². The molecule has 2 aromatic rings. The van der Waals surface area contributed by atoms with Crippen LogP contribution in [0, 0.1) is 5.41 Å². The fourth-order valence-corrected chi connectivity index (χ4v) is 3.62. The predicted octanol–water partition coefficient (Wildman–Crippen LogP) is 1.65. The predicted molar refractivity (Wildman–Crippen MR) is 118 cm³/mol. The largest absolute Gasteiger partial charge is 0.334 e. The first-order valence-electron chi connectivity index (χ1n) is 10.4. The van der Waals surface area contributed by atoms with E-state index < -0.39 is 48.2 Å². The normalized spacial score (nSPS) is 15.4. The van der Waals surface area contributed by atoms with Gasteiger partial charge in [0.15, 0.2) is 0 Å². The number of imide groups is 2. The third-order valence-corrected chi connectivity index (χ3v) is 5.47. The molecular weight excluding hydrogens is 428 g/mol. The van der Waals surface area contributed by atoms with Gasteiger partial charge in [0.25, 0.3) is 0 Å². The Balaban J connectivity index is 1.82.